The van der Waals surface area contributed by atoms with Gasteiger partial charge in [-0.2, -0.15) is 0 Å². The molecule has 3 rings (SSSR count). The molecule has 0 spiro atoms. The van der Waals surface area contributed by atoms with E-state index in [9.17, 15) is 4.79 Å². The van der Waals surface area contributed by atoms with E-state index in [0.717, 1.165) is 12.8 Å². The number of hydrogen-bond donors (Lipinski definition) is 3. The SMILES string of the molecule is CC=NC(=N)c1cccc(Nc2cc(N)ncc2C(=O)C2CC2)c1OC. The van der Waals surface area contributed by atoms with E-state index in [-0.39, 0.29) is 17.5 Å². The second-order valence-electron chi connectivity index (χ2n) is 6.04. The first kappa shape index (κ1) is 17.6. The molecular formula is C19H21N5O2. The zero-order valence-electron chi connectivity index (χ0n) is 14.7. The molecule has 2 aromatic rings. The summed E-state index contributed by atoms with van der Waals surface area (Å²) in [6.45, 7) is 1.75. The summed E-state index contributed by atoms with van der Waals surface area (Å²) in [5, 5.41) is 11.3. The van der Waals surface area contributed by atoms with Gasteiger partial charge >= 0.3 is 0 Å². The monoisotopic (exact) mass is 351 g/mol. The standard InChI is InChI=1S/C19H21N5O2/c1-3-22-19(21)12-5-4-6-14(18(12)26-2)24-15-9-16(20)23-10-13(15)17(25)11-7-8-11/h3-6,9-11,21H,7-8H2,1-2H3,(H3,20,23,24). The molecule has 0 aliphatic heterocycles. The van der Waals surface area contributed by atoms with Crippen LogP contribution in [0.25, 0.3) is 0 Å². The van der Waals surface area contributed by atoms with Crippen LogP contribution < -0.4 is 15.8 Å². The molecule has 1 aliphatic rings. The van der Waals surface area contributed by atoms with E-state index in [0.29, 0.717) is 34.1 Å². The number of rotatable bonds is 6. The van der Waals surface area contributed by atoms with Crippen LogP contribution in [0.2, 0.25) is 0 Å². The number of aliphatic imine (C=N–C) groups is 1. The van der Waals surface area contributed by atoms with E-state index < -0.39 is 0 Å². The van der Waals surface area contributed by atoms with Gasteiger partial charge in [0, 0.05) is 24.4 Å². The Morgan fingerprint density at radius 2 is 2.15 bits per heavy atom. The Bertz CT molecular complexity index is 887. The minimum absolute atomic E-state index is 0.0680. The predicted molar refractivity (Wildman–Crippen MR) is 103 cm³/mol. The second kappa shape index (κ2) is 7.35. The van der Waals surface area contributed by atoms with Crippen LogP contribution in [0.1, 0.15) is 35.7 Å². The van der Waals surface area contributed by atoms with Crippen LogP contribution in [-0.4, -0.2) is 29.9 Å². The fourth-order valence-electron chi connectivity index (χ4n) is 2.72. The quantitative estimate of drug-likeness (QED) is 0.419. The van der Waals surface area contributed by atoms with Crippen LogP contribution in [0.4, 0.5) is 17.2 Å². The third-order valence-electron chi connectivity index (χ3n) is 4.14. The van der Waals surface area contributed by atoms with Gasteiger partial charge in [0.25, 0.3) is 0 Å². The van der Waals surface area contributed by atoms with Crippen molar-refractivity contribution in [2.45, 2.75) is 19.8 Å². The summed E-state index contributed by atoms with van der Waals surface area (Å²) in [5.41, 5.74) is 8.07. The molecule has 0 unspecified atom stereocenters. The van der Waals surface area contributed by atoms with Crippen molar-refractivity contribution in [2.24, 2.45) is 10.9 Å². The molecule has 1 saturated carbocycles. The number of aromatic nitrogens is 1. The molecule has 4 N–H and O–H groups in total. The summed E-state index contributed by atoms with van der Waals surface area (Å²) >= 11 is 0. The van der Waals surface area contributed by atoms with E-state index >= 15 is 0 Å². The first-order valence-electron chi connectivity index (χ1n) is 8.36. The van der Waals surface area contributed by atoms with Crippen LogP contribution in [0.3, 0.4) is 0 Å². The van der Waals surface area contributed by atoms with E-state index in [1.54, 1.807) is 31.3 Å². The Balaban J connectivity index is 2.01. The third-order valence-corrected chi connectivity index (χ3v) is 4.14. The molecule has 1 aromatic carbocycles. The predicted octanol–water partition coefficient (Wildman–Crippen LogP) is 3.42. The first-order valence-corrected chi connectivity index (χ1v) is 8.36. The highest BCUT2D eigenvalue weighted by Crippen LogP contribution is 2.37. The highest BCUT2D eigenvalue weighted by atomic mass is 16.5. The number of carbonyl (C=O) groups excluding carboxylic acids is 1. The molecule has 0 amide bonds. The lowest BCUT2D eigenvalue weighted by Gasteiger charge is -2.16. The topological polar surface area (TPSA) is 113 Å². The number of nitrogens with two attached hydrogens (primary N) is 1. The van der Waals surface area contributed by atoms with Gasteiger partial charge in [0.2, 0.25) is 0 Å². The number of benzene rings is 1. The molecule has 0 atom stereocenters. The number of Topliss-reactive ketones (excluding diaryl/α,β-unsaturated/α-hetero) is 1. The third kappa shape index (κ3) is 3.56. The van der Waals surface area contributed by atoms with Crippen LogP contribution >= 0.6 is 0 Å². The van der Waals surface area contributed by atoms with Gasteiger partial charge in [-0.25, -0.2) is 9.98 Å². The maximum absolute atomic E-state index is 12.5. The van der Waals surface area contributed by atoms with Crippen LogP contribution in [0, 0.1) is 11.3 Å². The molecule has 1 aromatic heterocycles. The molecule has 134 valence electrons. The van der Waals surface area contributed by atoms with E-state index in [4.69, 9.17) is 15.9 Å². The lowest BCUT2D eigenvalue weighted by atomic mass is 10.1. The Labute approximate surface area is 151 Å². The Kier molecular flexibility index (Phi) is 4.97. The zero-order valence-corrected chi connectivity index (χ0v) is 14.7. The van der Waals surface area contributed by atoms with Crippen molar-refractivity contribution < 1.29 is 9.53 Å². The van der Waals surface area contributed by atoms with Gasteiger partial charge < -0.3 is 15.8 Å². The van der Waals surface area contributed by atoms with Gasteiger partial charge in [-0.1, -0.05) is 6.07 Å². The van der Waals surface area contributed by atoms with E-state index in [2.05, 4.69) is 15.3 Å². The molecule has 0 saturated heterocycles. The van der Waals surface area contributed by atoms with Crippen molar-refractivity contribution >= 4 is 35.0 Å². The first-order chi connectivity index (χ1) is 12.5. The number of methoxy groups -OCH3 is 1. The molecule has 1 fully saturated rings. The second-order valence-corrected chi connectivity index (χ2v) is 6.04. The normalized spacial score (nSPS) is 13.6. The Morgan fingerprint density at radius 1 is 1.38 bits per heavy atom. The summed E-state index contributed by atoms with van der Waals surface area (Å²) in [5.74, 6) is 1.03. The van der Waals surface area contributed by atoms with Gasteiger partial charge in [0.05, 0.1) is 29.6 Å². The van der Waals surface area contributed by atoms with Crippen LogP contribution in [0.5, 0.6) is 5.75 Å². The lowest BCUT2D eigenvalue weighted by Crippen LogP contribution is -2.09. The summed E-state index contributed by atoms with van der Waals surface area (Å²) in [4.78, 5) is 20.6. The van der Waals surface area contributed by atoms with Crippen molar-refractivity contribution in [2.75, 3.05) is 18.2 Å². The molecule has 1 aliphatic carbocycles. The van der Waals surface area contributed by atoms with Crippen LogP contribution in [-0.2, 0) is 0 Å². The summed E-state index contributed by atoms with van der Waals surface area (Å²) < 4.78 is 5.50. The maximum atomic E-state index is 12.5. The van der Waals surface area contributed by atoms with Crippen molar-refractivity contribution in [3.8, 4) is 5.75 Å². The number of carbonyl (C=O) groups is 1. The summed E-state index contributed by atoms with van der Waals surface area (Å²) in [7, 11) is 1.53. The van der Waals surface area contributed by atoms with E-state index in [1.165, 1.54) is 13.3 Å². The average Bonchev–Trinajstić information content (AvgIpc) is 3.46. The summed E-state index contributed by atoms with van der Waals surface area (Å²) in [6.07, 6.45) is 4.89. The molecule has 0 bridgehead atoms. The number of nitrogen functional groups attached to an aromatic ring is 1. The average molecular weight is 351 g/mol. The van der Waals surface area contributed by atoms with Gasteiger partial charge in [-0.05, 0) is 31.9 Å². The Morgan fingerprint density at radius 3 is 2.81 bits per heavy atom. The highest BCUT2D eigenvalue weighted by molar-refractivity contribution is 6.06. The number of anilines is 3. The molecule has 0 radical (unpaired) electrons. The largest absolute Gasteiger partial charge is 0.494 e. The van der Waals surface area contributed by atoms with Gasteiger partial charge in [-0.15, -0.1) is 0 Å². The zero-order chi connectivity index (χ0) is 18.7. The van der Waals surface area contributed by atoms with Crippen molar-refractivity contribution in [1.29, 1.82) is 5.41 Å². The number of para-hydroxylation sites is 1. The number of hydrogen-bond acceptors (Lipinski definition) is 6. The maximum Gasteiger partial charge on any atom is 0.169 e. The minimum Gasteiger partial charge on any atom is -0.494 e. The smallest absolute Gasteiger partial charge is 0.169 e. The van der Waals surface area contributed by atoms with E-state index in [1.807, 2.05) is 6.07 Å². The number of nitrogens with zero attached hydrogens (tertiary/aromatic N) is 2. The molecule has 7 nitrogen and oxygen atoms in total. The van der Waals surface area contributed by atoms with Crippen molar-refractivity contribution in [3.05, 3.63) is 41.6 Å². The number of pyridine rings is 1. The number of ketones is 1. The fourth-order valence-corrected chi connectivity index (χ4v) is 2.72. The van der Waals surface area contributed by atoms with Crippen LogP contribution in [0.15, 0.2) is 35.5 Å². The van der Waals surface area contributed by atoms with Gasteiger partial charge in [0.15, 0.2) is 17.4 Å². The summed E-state index contributed by atoms with van der Waals surface area (Å²) in [6, 6.07) is 7.01. The van der Waals surface area contributed by atoms with Crippen molar-refractivity contribution in [1.82, 2.24) is 4.98 Å². The fraction of sp³-hybridized carbons (Fsp3) is 0.263. The number of nitrogens with one attached hydrogen (secondary N) is 2. The number of ether oxygens (including phenoxy) is 1. The van der Waals surface area contributed by atoms with Gasteiger partial charge in [-0.3, -0.25) is 10.2 Å². The lowest BCUT2D eigenvalue weighted by molar-refractivity contribution is 0.0968. The van der Waals surface area contributed by atoms with Gasteiger partial charge in [0.1, 0.15) is 5.82 Å². The van der Waals surface area contributed by atoms with Crippen molar-refractivity contribution in [3.63, 3.8) is 0 Å². The molecule has 7 heteroatoms. The molecule has 1 heterocycles. The Hall–Kier alpha value is -3.22. The highest BCUT2D eigenvalue weighted by Gasteiger charge is 2.32. The minimum atomic E-state index is 0.0680. The molecular weight excluding hydrogens is 330 g/mol. The molecule has 26 heavy (non-hydrogen) atoms. The number of amidine groups is 1.